The van der Waals surface area contributed by atoms with Gasteiger partial charge in [0.1, 0.15) is 0 Å². The molecule has 1 unspecified atom stereocenters. The highest BCUT2D eigenvalue weighted by Crippen LogP contribution is 2.24. The van der Waals surface area contributed by atoms with Gasteiger partial charge in [-0.05, 0) is 11.3 Å². The van der Waals surface area contributed by atoms with Gasteiger partial charge in [-0.15, -0.1) is 0 Å². The molecule has 2 amide bonds. The molecule has 16 heavy (non-hydrogen) atoms. The van der Waals surface area contributed by atoms with Gasteiger partial charge < -0.3 is 15.0 Å². The molecule has 1 rings (SSSR count). The van der Waals surface area contributed by atoms with Gasteiger partial charge in [-0.1, -0.05) is 27.7 Å². The zero-order valence-corrected chi connectivity index (χ0v) is 10.9. The van der Waals surface area contributed by atoms with Gasteiger partial charge in [-0.2, -0.15) is 0 Å². The van der Waals surface area contributed by atoms with Crippen LogP contribution in [0.5, 0.6) is 0 Å². The van der Waals surface area contributed by atoms with Crippen molar-refractivity contribution in [2.45, 2.75) is 27.7 Å². The van der Waals surface area contributed by atoms with Gasteiger partial charge in [0.15, 0.2) is 0 Å². The van der Waals surface area contributed by atoms with Gasteiger partial charge in [-0.3, -0.25) is 0 Å². The Labute approximate surface area is 98.3 Å². The average Bonchev–Trinajstić information content (AvgIpc) is 2.25. The summed E-state index contributed by atoms with van der Waals surface area (Å²) < 4.78 is 5.21. The lowest BCUT2D eigenvalue weighted by atomic mass is 9.82. The van der Waals surface area contributed by atoms with Crippen molar-refractivity contribution in [3.63, 3.8) is 0 Å². The second-order valence-electron chi connectivity index (χ2n) is 5.55. The molecule has 0 saturated carbocycles. The van der Waals surface area contributed by atoms with E-state index >= 15 is 0 Å². The lowest BCUT2D eigenvalue weighted by Gasteiger charge is -2.30. The molecule has 0 spiro atoms. The van der Waals surface area contributed by atoms with Gasteiger partial charge in [0.2, 0.25) is 0 Å². The van der Waals surface area contributed by atoms with Crippen molar-refractivity contribution in [3.05, 3.63) is 0 Å². The number of nitrogens with one attached hydrogen (secondary N) is 1. The standard InChI is InChI=1S/C12H24N2O2/c1-10(12(2,3)4)9-13-11(15)14-5-7-16-8-6-14/h10H,5-9H2,1-4H3,(H,13,15). The molecule has 94 valence electrons. The first kappa shape index (κ1) is 13.3. The Morgan fingerprint density at radius 1 is 1.38 bits per heavy atom. The van der Waals surface area contributed by atoms with E-state index in [9.17, 15) is 4.79 Å². The molecule has 4 heteroatoms. The molecule has 1 fully saturated rings. The Morgan fingerprint density at radius 3 is 2.44 bits per heavy atom. The van der Waals surface area contributed by atoms with Crippen LogP contribution in [-0.4, -0.2) is 43.8 Å². The van der Waals surface area contributed by atoms with E-state index in [0.717, 1.165) is 6.54 Å². The maximum absolute atomic E-state index is 11.8. The summed E-state index contributed by atoms with van der Waals surface area (Å²) in [5.41, 5.74) is 0.234. The zero-order chi connectivity index (χ0) is 12.2. The predicted molar refractivity (Wildman–Crippen MR) is 64.4 cm³/mol. The fraction of sp³-hybridized carbons (Fsp3) is 0.917. The minimum absolute atomic E-state index is 0.0411. The van der Waals surface area contributed by atoms with Crippen LogP contribution in [-0.2, 0) is 4.74 Å². The monoisotopic (exact) mass is 228 g/mol. The summed E-state index contributed by atoms with van der Waals surface area (Å²) in [6.45, 7) is 12.2. The van der Waals surface area contributed by atoms with E-state index in [1.54, 1.807) is 0 Å². The lowest BCUT2D eigenvalue weighted by Crippen LogP contribution is -2.47. The van der Waals surface area contributed by atoms with E-state index in [0.29, 0.717) is 32.2 Å². The maximum Gasteiger partial charge on any atom is 0.317 e. The van der Waals surface area contributed by atoms with E-state index in [2.05, 4.69) is 33.0 Å². The van der Waals surface area contributed by atoms with Crippen molar-refractivity contribution in [2.75, 3.05) is 32.8 Å². The number of nitrogens with zero attached hydrogens (tertiary/aromatic N) is 1. The minimum Gasteiger partial charge on any atom is -0.378 e. The van der Waals surface area contributed by atoms with Crippen LogP contribution in [0.1, 0.15) is 27.7 Å². The first-order chi connectivity index (χ1) is 7.41. The van der Waals surface area contributed by atoms with Gasteiger partial charge >= 0.3 is 6.03 Å². The molecular weight excluding hydrogens is 204 g/mol. The van der Waals surface area contributed by atoms with Crippen molar-refractivity contribution >= 4 is 6.03 Å². The van der Waals surface area contributed by atoms with Gasteiger partial charge in [0, 0.05) is 19.6 Å². The Bertz CT molecular complexity index is 230. The van der Waals surface area contributed by atoms with Gasteiger partial charge in [0.05, 0.1) is 13.2 Å². The molecule has 0 radical (unpaired) electrons. The SMILES string of the molecule is CC(CNC(=O)N1CCOCC1)C(C)(C)C. The number of morpholine rings is 1. The third-order valence-corrected chi connectivity index (χ3v) is 3.34. The van der Waals surface area contributed by atoms with E-state index in [4.69, 9.17) is 4.74 Å². The normalized spacial score (nSPS) is 19.4. The topological polar surface area (TPSA) is 41.6 Å². The molecule has 4 nitrogen and oxygen atoms in total. The molecule has 0 aromatic heterocycles. The smallest absolute Gasteiger partial charge is 0.317 e. The minimum atomic E-state index is 0.0411. The second-order valence-corrected chi connectivity index (χ2v) is 5.55. The molecule has 0 aliphatic carbocycles. The van der Waals surface area contributed by atoms with Crippen molar-refractivity contribution in [1.82, 2.24) is 10.2 Å². The van der Waals surface area contributed by atoms with E-state index < -0.39 is 0 Å². The molecule has 0 aromatic rings. The van der Waals surface area contributed by atoms with E-state index in [1.807, 2.05) is 4.90 Å². The Hall–Kier alpha value is -0.770. The average molecular weight is 228 g/mol. The van der Waals surface area contributed by atoms with Crippen molar-refractivity contribution in [3.8, 4) is 0 Å². The number of carbonyl (C=O) groups excluding carboxylic acids is 1. The number of rotatable bonds is 2. The molecule has 1 heterocycles. The molecule has 1 atom stereocenters. The third-order valence-electron chi connectivity index (χ3n) is 3.34. The summed E-state index contributed by atoms with van der Waals surface area (Å²) in [4.78, 5) is 13.6. The first-order valence-electron chi connectivity index (χ1n) is 6.02. The number of urea groups is 1. The summed E-state index contributed by atoms with van der Waals surface area (Å²) in [6, 6.07) is 0.0411. The van der Waals surface area contributed by atoms with Crippen molar-refractivity contribution in [2.24, 2.45) is 11.3 Å². The highest BCUT2D eigenvalue weighted by atomic mass is 16.5. The molecule has 1 aliphatic heterocycles. The molecule has 1 N–H and O–H groups in total. The van der Waals surface area contributed by atoms with Crippen LogP contribution in [0.25, 0.3) is 0 Å². The van der Waals surface area contributed by atoms with Gasteiger partial charge in [0.25, 0.3) is 0 Å². The molecule has 0 aromatic carbocycles. The fourth-order valence-electron chi connectivity index (χ4n) is 1.42. The quantitative estimate of drug-likeness (QED) is 0.781. The number of carbonyl (C=O) groups is 1. The van der Waals surface area contributed by atoms with Crippen LogP contribution < -0.4 is 5.32 Å². The van der Waals surface area contributed by atoms with Crippen molar-refractivity contribution in [1.29, 1.82) is 0 Å². The second kappa shape index (κ2) is 5.53. The highest BCUT2D eigenvalue weighted by Gasteiger charge is 2.22. The number of hydrogen-bond donors (Lipinski definition) is 1. The van der Waals surface area contributed by atoms with Crippen LogP contribution in [0.4, 0.5) is 4.79 Å². The van der Waals surface area contributed by atoms with Crippen LogP contribution >= 0.6 is 0 Å². The first-order valence-corrected chi connectivity index (χ1v) is 6.02. The summed E-state index contributed by atoms with van der Waals surface area (Å²) >= 11 is 0. The summed E-state index contributed by atoms with van der Waals surface area (Å²) in [5, 5.41) is 2.99. The number of hydrogen-bond acceptors (Lipinski definition) is 2. The third kappa shape index (κ3) is 4.00. The maximum atomic E-state index is 11.8. The summed E-state index contributed by atoms with van der Waals surface area (Å²) in [5.74, 6) is 0.470. The predicted octanol–water partition coefficient (Wildman–Crippen LogP) is 1.71. The summed E-state index contributed by atoms with van der Waals surface area (Å²) in [6.07, 6.45) is 0. The molecule has 0 bridgehead atoms. The molecule has 1 saturated heterocycles. The Morgan fingerprint density at radius 2 is 1.94 bits per heavy atom. The summed E-state index contributed by atoms with van der Waals surface area (Å²) in [7, 11) is 0. The lowest BCUT2D eigenvalue weighted by molar-refractivity contribution is 0.0526. The Balaban J connectivity index is 2.29. The number of ether oxygens (including phenoxy) is 1. The Kier molecular flexibility index (Phi) is 4.59. The van der Waals surface area contributed by atoms with Crippen LogP contribution in [0.15, 0.2) is 0 Å². The highest BCUT2D eigenvalue weighted by molar-refractivity contribution is 5.74. The zero-order valence-electron chi connectivity index (χ0n) is 10.9. The van der Waals surface area contributed by atoms with E-state index in [1.165, 1.54) is 0 Å². The molecular formula is C12H24N2O2. The van der Waals surface area contributed by atoms with Crippen LogP contribution in [0.2, 0.25) is 0 Å². The van der Waals surface area contributed by atoms with Crippen LogP contribution in [0.3, 0.4) is 0 Å². The van der Waals surface area contributed by atoms with Gasteiger partial charge in [-0.25, -0.2) is 4.79 Å². The van der Waals surface area contributed by atoms with Crippen LogP contribution in [0, 0.1) is 11.3 Å². The van der Waals surface area contributed by atoms with Crippen molar-refractivity contribution < 1.29 is 9.53 Å². The fourth-order valence-corrected chi connectivity index (χ4v) is 1.42. The largest absolute Gasteiger partial charge is 0.378 e. The number of amides is 2. The molecule has 1 aliphatic rings. The van der Waals surface area contributed by atoms with E-state index in [-0.39, 0.29) is 11.4 Å².